The average molecular weight is 344 g/mol. The molecule has 3 nitrogen and oxygen atoms in total. The first-order chi connectivity index (χ1) is 10.1. The van der Waals surface area contributed by atoms with Crippen molar-refractivity contribution in [3.05, 3.63) is 64.1 Å². The number of hydrogen-bond donors (Lipinski definition) is 1. The van der Waals surface area contributed by atoms with E-state index in [1.165, 1.54) is 0 Å². The Morgan fingerprint density at radius 1 is 1.14 bits per heavy atom. The van der Waals surface area contributed by atoms with E-state index >= 15 is 0 Å². The fourth-order valence-electron chi connectivity index (χ4n) is 2.66. The Morgan fingerprint density at radius 2 is 1.90 bits per heavy atom. The zero-order valence-electron chi connectivity index (χ0n) is 11.3. The van der Waals surface area contributed by atoms with E-state index in [1.54, 1.807) is 0 Å². The summed E-state index contributed by atoms with van der Waals surface area (Å²) in [5, 5.41) is 2.89. The van der Waals surface area contributed by atoms with Crippen molar-refractivity contribution in [2.75, 3.05) is 5.32 Å². The summed E-state index contributed by atoms with van der Waals surface area (Å²) in [6.07, 6.45) is 0.680. The molecule has 1 aliphatic rings. The molecule has 3 rings (SSSR count). The fourth-order valence-corrected chi connectivity index (χ4v) is 3.04. The molecule has 2 aromatic rings. The maximum atomic E-state index is 12.5. The van der Waals surface area contributed by atoms with E-state index in [1.807, 2.05) is 48.5 Å². The standard InChI is InChI=1S/C17H14BrNO2/c18-12-7-6-11-8-14(20)10-16(15(11)9-12)17(21)19-13-4-2-1-3-5-13/h1-7,9,16H,8,10H2,(H,19,21). The second-order valence-electron chi connectivity index (χ2n) is 5.17. The number of ketones is 1. The first kappa shape index (κ1) is 14.0. The number of carbonyl (C=O) groups is 2. The van der Waals surface area contributed by atoms with Crippen LogP contribution in [0.5, 0.6) is 0 Å². The highest BCUT2D eigenvalue weighted by Crippen LogP contribution is 2.33. The van der Waals surface area contributed by atoms with Gasteiger partial charge in [0.1, 0.15) is 5.78 Å². The molecule has 106 valence electrons. The van der Waals surface area contributed by atoms with Crippen molar-refractivity contribution >= 4 is 33.3 Å². The Morgan fingerprint density at radius 3 is 2.67 bits per heavy atom. The van der Waals surface area contributed by atoms with Crippen LogP contribution >= 0.6 is 15.9 Å². The summed E-state index contributed by atoms with van der Waals surface area (Å²) in [7, 11) is 0. The summed E-state index contributed by atoms with van der Waals surface area (Å²) in [6.45, 7) is 0. The number of Topliss-reactive ketones (excluding diaryl/α,β-unsaturated/α-hetero) is 1. The Labute approximate surface area is 131 Å². The van der Waals surface area contributed by atoms with Crippen molar-refractivity contribution in [3.63, 3.8) is 0 Å². The highest BCUT2D eigenvalue weighted by molar-refractivity contribution is 9.10. The molecule has 0 aromatic heterocycles. The largest absolute Gasteiger partial charge is 0.326 e. The highest BCUT2D eigenvalue weighted by Gasteiger charge is 2.30. The van der Waals surface area contributed by atoms with Crippen LogP contribution < -0.4 is 5.32 Å². The summed E-state index contributed by atoms with van der Waals surface area (Å²) in [5.41, 5.74) is 2.64. The molecule has 4 heteroatoms. The number of carbonyl (C=O) groups excluding carboxylic acids is 2. The van der Waals surface area contributed by atoms with Crippen LogP contribution in [0.3, 0.4) is 0 Å². The van der Waals surface area contributed by atoms with Crippen molar-refractivity contribution in [1.82, 2.24) is 0 Å². The maximum absolute atomic E-state index is 12.5. The van der Waals surface area contributed by atoms with E-state index in [9.17, 15) is 9.59 Å². The van der Waals surface area contributed by atoms with E-state index < -0.39 is 5.92 Å². The average Bonchev–Trinajstić information content (AvgIpc) is 2.48. The lowest BCUT2D eigenvalue weighted by atomic mass is 9.81. The minimum atomic E-state index is -0.418. The highest BCUT2D eigenvalue weighted by atomic mass is 79.9. The van der Waals surface area contributed by atoms with Crippen LogP contribution in [0.2, 0.25) is 0 Å². The lowest BCUT2D eigenvalue weighted by Crippen LogP contribution is -2.28. The minimum Gasteiger partial charge on any atom is -0.326 e. The van der Waals surface area contributed by atoms with Crippen LogP contribution in [-0.2, 0) is 16.0 Å². The number of anilines is 1. The molecule has 0 saturated heterocycles. The van der Waals surface area contributed by atoms with E-state index in [2.05, 4.69) is 21.2 Å². The lowest BCUT2D eigenvalue weighted by Gasteiger charge is -2.24. The van der Waals surface area contributed by atoms with Crippen LogP contribution in [0.1, 0.15) is 23.5 Å². The quantitative estimate of drug-likeness (QED) is 0.903. The van der Waals surface area contributed by atoms with Crippen LogP contribution in [0.15, 0.2) is 53.0 Å². The molecule has 1 atom stereocenters. The molecule has 1 N–H and O–H groups in total. The van der Waals surface area contributed by atoms with Gasteiger partial charge in [-0.3, -0.25) is 9.59 Å². The summed E-state index contributed by atoms with van der Waals surface area (Å²) < 4.78 is 0.924. The smallest absolute Gasteiger partial charge is 0.232 e. The van der Waals surface area contributed by atoms with Gasteiger partial charge >= 0.3 is 0 Å². The molecule has 0 aliphatic heterocycles. The number of rotatable bonds is 2. The molecule has 1 amide bonds. The maximum Gasteiger partial charge on any atom is 0.232 e. The normalized spacial score (nSPS) is 17.2. The number of para-hydroxylation sites is 1. The zero-order chi connectivity index (χ0) is 14.8. The predicted molar refractivity (Wildman–Crippen MR) is 85.3 cm³/mol. The van der Waals surface area contributed by atoms with Gasteiger partial charge in [0, 0.05) is 23.0 Å². The van der Waals surface area contributed by atoms with Crippen molar-refractivity contribution in [2.24, 2.45) is 0 Å². The predicted octanol–water partition coefficient (Wildman–Crippen LogP) is 3.69. The van der Waals surface area contributed by atoms with Crippen LogP contribution in [0.25, 0.3) is 0 Å². The van der Waals surface area contributed by atoms with Crippen molar-refractivity contribution in [1.29, 1.82) is 0 Å². The minimum absolute atomic E-state index is 0.109. The van der Waals surface area contributed by atoms with E-state index in [0.29, 0.717) is 6.42 Å². The second-order valence-corrected chi connectivity index (χ2v) is 6.09. The number of nitrogens with one attached hydrogen (secondary N) is 1. The molecule has 0 bridgehead atoms. The molecule has 0 heterocycles. The molecule has 0 fully saturated rings. The third-order valence-electron chi connectivity index (χ3n) is 3.66. The number of amides is 1. The molecule has 1 unspecified atom stereocenters. The van der Waals surface area contributed by atoms with Gasteiger partial charge in [0.25, 0.3) is 0 Å². The Kier molecular flexibility index (Phi) is 3.88. The number of fused-ring (bicyclic) bond motifs is 1. The van der Waals surface area contributed by atoms with Gasteiger partial charge in [-0.15, -0.1) is 0 Å². The summed E-state index contributed by atoms with van der Waals surface area (Å²) in [5.74, 6) is -0.439. The van der Waals surface area contributed by atoms with Crippen molar-refractivity contribution in [2.45, 2.75) is 18.8 Å². The summed E-state index contributed by atoms with van der Waals surface area (Å²) >= 11 is 3.43. The van der Waals surface area contributed by atoms with E-state index in [0.717, 1.165) is 21.3 Å². The molecular formula is C17H14BrNO2. The first-order valence-electron chi connectivity index (χ1n) is 6.79. The molecule has 2 aromatic carbocycles. The van der Waals surface area contributed by atoms with Crippen LogP contribution in [0, 0.1) is 0 Å². The number of halogens is 1. The van der Waals surface area contributed by atoms with Gasteiger partial charge < -0.3 is 5.32 Å². The van der Waals surface area contributed by atoms with Crippen LogP contribution in [0.4, 0.5) is 5.69 Å². The SMILES string of the molecule is O=C1Cc2ccc(Br)cc2C(C(=O)Nc2ccccc2)C1. The monoisotopic (exact) mass is 343 g/mol. The van der Waals surface area contributed by atoms with Crippen LogP contribution in [-0.4, -0.2) is 11.7 Å². The Hall–Kier alpha value is -1.94. The summed E-state index contributed by atoms with van der Waals surface area (Å²) in [6, 6.07) is 15.1. The van der Waals surface area contributed by atoms with Crippen molar-refractivity contribution in [3.8, 4) is 0 Å². The van der Waals surface area contributed by atoms with Gasteiger partial charge in [0.2, 0.25) is 5.91 Å². The van der Waals surface area contributed by atoms with Gasteiger partial charge in [0.15, 0.2) is 0 Å². The lowest BCUT2D eigenvalue weighted by molar-refractivity contribution is -0.124. The van der Waals surface area contributed by atoms with Gasteiger partial charge in [-0.1, -0.05) is 40.2 Å². The third-order valence-corrected chi connectivity index (χ3v) is 4.15. The van der Waals surface area contributed by atoms with Gasteiger partial charge in [-0.05, 0) is 35.4 Å². The molecule has 0 radical (unpaired) electrons. The number of benzene rings is 2. The Bertz CT molecular complexity index is 697. The molecule has 1 aliphatic carbocycles. The number of hydrogen-bond acceptors (Lipinski definition) is 2. The van der Waals surface area contributed by atoms with Gasteiger partial charge in [-0.25, -0.2) is 0 Å². The molecule has 21 heavy (non-hydrogen) atoms. The summed E-state index contributed by atoms with van der Waals surface area (Å²) in [4.78, 5) is 24.4. The molecular weight excluding hydrogens is 330 g/mol. The Balaban J connectivity index is 1.90. The molecule has 0 saturated carbocycles. The topological polar surface area (TPSA) is 46.2 Å². The first-order valence-corrected chi connectivity index (χ1v) is 7.59. The second kappa shape index (κ2) is 5.82. The van der Waals surface area contributed by atoms with E-state index in [4.69, 9.17) is 0 Å². The van der Waals surface area contributed by atoms with Crippen molar-refractivity contribution < 1.29 is 9.59 Å². The third kappa shape index (κ3) is 3.05. The van der Waals surface area contributed by atoms with Gasteiger partial charge in [0.05, 0.1) is 5.92 Å². The fraction of sp³-hybridized carbons (Fsp3) is 0.176. The van der Waals surface area contributed by atoms with Gasteiger partial charge in [-0.2, -0.15) is 0 Å². The van der Waals surface area contributed by atoms with E-state index in [-0.39, 0.29) is 18.1 Å². The molecule has 0 spiro atoms. The zero-order valence-corrected chi connectivity index (χ0v) is 12.9.